The van der Waals surface area contributed by atoms with Crippen molar-refractivity contribution in [3.63, 3.8) is 0 Å². The second kappa shape index (κ2) is 6.92. The molecule has 0 amide bonds. The number of aromatic nitrogens is 3. The van der Waals surface area contributed by atoms with E-state index in [0.29, 0.717) is 22.1 Å². The molecule has 2 heterocycles. The molecule has 8 nitrogen and oxygen atoms in total. The van der Waals surface area contributed by atoms with Gasteiger partial charge in [-0.1, -0.05) is 0 Å². The van der Waals surface area contributed by atoms with Gasteiger partial charge in [-0.3, -0.25) is 0 Å². The first-order valence-corrected chi connectivity index (χ1v) is 7.24. The standard InChI is InChI=1S/C15H12N4O4S/c20-13(21)9-23-11-5-3-10(4-6-11)8-16-19-14(17-18-15(19)24)12-2-1-7-22-12/h1-8H,9H2,(H,18,24)(H,20,21)/b16-8-. The number of benzene rings is 1. The molecule has 0 radical (unpaired) electrons. The summed E-state index contributed by atoms with van der Waals surface area (Å²) >= 11 is 5.16. The molecule has 0 fully saturated rings. The van der Waals surface area contributed by atoms with Crippen LogP contribution in [-0.2, 0) is 4.79 Å². The minimum Gasteiger partial charge on any atom is -0.482 e. The van der Waals surface area contributed by atoms with Gasteiger partial charge in [0.15, 0.2) is 12.4 Å². The van der Waals surface area contributed by atoms with Crippen molar-refractivity contribution in [3.8, 4) is 17.3 Å². The van der Waals surface area contributed by atoms with Crippen molar-refractivity contribution in [1.29, 1.82) is 0 Å². The Hall–Kier alpha value is -3.20. The molecule has 0 spiro atoms. The molecule has 122 valence electrons. The molecule has 2 N–H and O–H groups in total. The summed E-state index contributed by atoms with van der Waals surface area (Å²) in [5, 5.41) is 19.6. The molecular weight excluding hydrogens is 332 g/mol. The zero-order valence-electron chi connectivity index (χ0n) is 12.2. The lowest BCUT2D eigenvalue weighted by Crippen LogP contribution is -2.09. The van der Waals surface area contributed by atoms with E-state index in [1.807, 2.05) is 0 Å². The van der Waals surface area contributed by atoms with Crippen LogP contribution in [0.15, 0.2) is 52.2 Å². The Kier molecular flexibility index (Phi) is 4.52. The van der Waals surface area contributed by atoms with Crippen molar-refractivity contribution >= 4 is 24.4 Å². The lowest BCUT2D eigenvalue weighted by atomic mass is 10.2. The van der Waals surface area contributed by atoms with E-state index < -0.39 is 5.97 Å². The molecular formula is C15H12N4O4S. The molecule has 3 aromatic rings. The Morgan fingerprint density at radius 3 is 2.88 bits per heavy atom. The van der Waals surface area contributed by atoms with E-state index in [-0.39, 0.29) is 6.61 Å². The van der Waals surface area contributed by atoms with Gasteiger partial charge in [0.05, 0.1) is 12.5 Å². The highest BCUT2D eigenvalue weighted by molar-refractivity contribution is 7.71. The number of aromatic amines is 1. The van der Waals surface area contributed by atoms with Crippen LogP contribution in [0, 0.1) is 4.77 Å². The number of hydrogen-bond acceptors (Lipinski definition) is 6. The number of hydrogen-bond donors (Lipinski definition) is 2. The van der Waals surface area contributed by atoms with Crippen LogP contribution in [0.1, 0.15) is 5.56 Å². The average molecular weight is 344 g/mol. The Bertz CT molecular complexity index is 910. The monoisotopic (exact) mass is 344 g/mol. The van der Waals surface area contributed by atoms with Crippen LogP contribution in [0.5, 0.6) is 5.75 Å². The van der Waals surface area contributed by atoms with E-state index in [0.717, 1.165) is 5.56 Å². The molecule has 0 bridgehead atoms. The number of nitrogens with zero attached hydrogens (tertiary/aromatic N) is 3. The summed E-state index contributed by atoms with van der Waals surface area (Å²) in [5.41, 5.74) is 0.783. The minimum atomic E-state index is -1.03. The number of H-pyrrole nitrogens is 1. The van der Waals surface area contributed by atoms with Gasteiger partial charge in [0.1, 0.15) is 5.75 Å². The van der Waals surface area contributed by atoms with E-state index in [4.69, 9.17) is 26.5 Å². The first-order chi connectivity index (χ1) is 11.6. The first-order valence-electron chi connectivity index (χ1n) is 6.84. The number of carboxylic acid groups (broad SMARTS) is 1. The number of ether oxygens (including phenoxy) is 1. The summed E-state index contributed by atoms with van der Waals surface area (Å²) in [6.07, 6.45) is 3.13. The molecule has 0 saturated carbocycles. The average Bonchev–Trinajstić information content (AvgIpc) is 3.21. The fourth-order valence-corrected chi connectivity index (χ4v) is 2.06. The summed E-state index contributed by atoms with van der Waals surface area (Å²) in [5.74, 6) is 0.436. The Balaban J connectivity index is 1.78. The molecule has 3 rings (SSSR count). The molecule has 0 aliphatic carbocycles. The number of aliphatic carboxylic acids is 1. The van der Waals surface area contributed by atoms with Crippen molar-refractivity contribution in [3.05, 3.63) is 53.0 Å². The fraction of sp³-hybridized carbons (Fsp3) is 0.0667. The Labute approximate surface area is 141 Å². The highest BCUT2D eigenvalue weighted by Crippen LogP contribution is 2.17. The Morgan fingerprint density at radius 1 is 1.42 bits per heavy atom. The molecule has 1 aromatic carbocycles. The Morgan fingerprint density at radius 2 is 2.21 bits per heavy atom. The van der Waals surface area contributed by atoms with Crippen LogP contribution in [0.4, 0.5) is 0 Å². The molecule has 0 unspecified atom stereocenters. The molecule has 9 heteroatoms. The maximum atomic E-state index is 10.5. The van der Waals surface area contributed by atoms with Gasteiger partial charge in [-0.25, -0.2) is 9.89 Å². The van der Waals surface area contributed by atoms with Crippen molar-refractivity contribution in [2.45, 2.75) is 0 Å². The largest absolute Gasteiger partial charge is 0.482 e. The number of furan rings is 1. The van der Waals surface area contributed by atoms with Crippen LogP contribution in [0.3, 0.4) is 0 Å². The van der Waals surface area contributed by atoms with E-state index in [1.165, 1.54) is 10.9 Å². The molecule has 2 aromatic heterocycles. The van der Waals surface area contributed by atoms with Crippen LogP contribution >= 0.6 is 12.2 Å². The van der Waals surface area contributed by atoms with Crippen molar-refractivity contribution in [2.24, 2.45) is 5.10 Å². The second-order valence-corrected chi connectivity index (χ2v) is 5.02. The van der Waals surface area contributed by atoms with E-state index in [9.17, 15) is 4.79 Å². The maximum Gasteiger partial charge on any atom is 0.341 e. The van der Waals surface area contributed by atoms with Crippen molar-refractivity contribution in [2.75, 3.05) is 6.61 Å². The number of rotatable bonds is 6. The van der Waals surface area contributed by atoms with Gasteiger partial charge >= 0.3 is 5.97 Å². The zero-order valence-corrected chi connectivity index (χ0v) is 13.1. The van der Waals surface area contributed by atoms with Crippen LogP contribution < -0.4 is 4.74 Å². The summed E-state index contributed by atoms with van der Waals surface area (Å²) in [6.45, 7) is -0.385. The highest BCUT2D eigenvalue weighted by Gasteiger charge is 2.10. The lowest BCUT2D eigenvalue weighted by molar-refractivity contribution is -0.139. The second-order valence-electron chi connectivity index (χ2n) is 4.64. The molecule has 0 saturated heterocycles. The SMILES string of the molecule is O=C(O)COc1ccc(/C=N\n2c(-c3ccco3)n[nH]c2=S)cc1. The lowest BCUT2D eigenvalue weighted by Gasteiger charge is -2.02. The summed E-state index contributed by atoms with van der Waals surface area (Å²) in [4.78, 5) is 10.5. The van der Waals surface area contributed by atoms with Gasteiger partial charge in [0, 0.05) is 0 Å². The van der Waals surface area contributed by atoms with Gasteiger partial charge in [-0.05, 0) is 54.2 Å². The van der Waals surface area contributed by atoms with E-state index in [1.54, 1.807) is 42.6 Å². The normalized spacial score (nSPS) is 11.0. The van der Waals surface area contributed by atoms with E-state index >= 15 is 0 Å². The minimum absolute atomic E-state index is 0.332. The molecule has 0 aliphatic heterocycles. The van der Waals surface area contributed by atoms with Gasteiger partial charge < -0.3 is 14.3 Å². The van der Waals surface area contributed by atoms with Gasteiger partial charge in [0.2, 0.25) is 10.6 Å². The van der Waals surface area contributed by atoms with Crippen molar-refractivity contribution < 1.29 is 19.1 Å². The number of carbonyl (C=O) groups is 1. The quantitative estimate of drug-likeness (QED) is 0.526. The van der Waals surface area contributed by atoms with Gasteiger partial charge in [-0.2, -0.15) is 9.78 Å². The third-order valence-corrected chi connectivity index (χ3v) is 3.22. The van der Waals surface area contributed by atoms with Gasteiger partial charge in [0.25, 0.3) is 0 Å². The predicted octanol–water partition coefficient (Wildman–Crippen LogP) is 2.55. The third-order valence-electron chi connectivity index (χ3n) is 2.96. The van der Waals surface area contributed by atoms with Crippen molar-refractivity contribution in [1.82, 2.24) is 14.9 Å². The van der Waals surface area contributed by atoms with Crippen LogP contribution in [0.25, 0.3) is 11.6 Å². The van der Waals surface area contributed by atoms with Gasteiger partial charge in [-0.15, -0.1) is 5.10 Å². The predicted molar refractivity (Wildman–Crippen MR) is 87.7 cm³/mol. The summed E-state index contributed by atoms with van der Waals surface area (Å²) in [6, 6.07) is 10.3. The molecule has 0 atom stereocenters. The summed E-state index contributed by atoms with van der Waals surface area (Å²) in [7, 11) is 0. The first kappa shape index (κ1) is 15.7. The van der Waals surface area contributed by atoms with Crippen LogP contribution in [-0.4, -0.2) is 38.8 Å². The topological polar surface area (TPSA) is 106 Å². The van der Waals surface area contributed by atoms with Crippen LogP contribution in [0.2, 0.25) is 0 Å². The summed E-state index contributed by atoms with van der Waals surface area (Å²) < 4.78 is 12.1. The zero-order chi connectivity index (χ0) is 16.9. The smallest absolute Gasteiger partial charge is 0.341 e. The van der Waals surface area contributed by atoms with E-state index in [2.05, 4.69) is 15.3 Å². The number of nitrogens with one attached hydrogen (secondary N) is 1. The third kappa shape index (κ3) is 3.58. The fourth-order valence-electron chi connectivity index (χ4n) is 1.88. The maximum absolute atomic E-state index is 10.5. The number of carboxylic acids is 1. The highest BCUT2D eigenvalue weighted by atomic mass is 32.1. The molecule has 0 aliphatic rings. The molecule has 24 heavy (non-hydrogen) atoms.